The number of carboxylic acid groups (broad SMARTS) is 2. The topological polar surface area (TPSA) is 97.7 Å². The van der Waals surface area contributed by atoms with Crippen LogP contribution in [0.4, 0.5) is 0 Å². The Morgan fingerprint density at radius 1 is 1.43 bits per heavy atom. The zero-order chi connectivity index (χ0) is 11.1. The zero-order valence-corrected chi connectivity index (χ0v) is 8.64. The first-order chi connectivity index (χ1) is 6.28. The molecule has 1 fully saturated rings. The molecule has 2 N–H and O–H groups in total. The highest BCUT2D eigenvalue weighted by Gasteiger charge is 2.58. The number of hydrazine groups is 1. The first-order valence-corrected chi connectivity index (χ1v) is 5.94. The fourth-order valence-electron chi connectivity index (χ4n) is 1.25. The highest BCUT2D eigenvalue weighted by Crippen LogP contribution is 2.68. The van der Waals surface area contributed by atoms with Crippen LogP contribution in [0.3, 0.4) is 0 Å². The van der Waals surface area contributed by atoms with Crippen LogP contribution in [0.2, 0.25) is 0 Å². The molecule has 4 atom stereocenters. The Bertz CT molecular complexity index is 330. The number of rotatable bonds is 4. The van der Waals surface area contributed by atoms with E-state index in [0.717, 1.165) is 9.56 Å². The van der Waals surface area contributed by atoms with Crippen LogP contribution >= 0.6 is 7.44 Å². The number of hydrogen-bond acceptors (Lipinski definition) is 3. The van der Waals surface area contributed by atoms with Gasteiger partial charge in [-0.05, 0) is 6.92 Å². The molecule has 0 aliphatic carbocycles. The molecule has 0 aromatic heterocycles. The molecule has 0 saturated carbocycles. The lowest BCUT2D eigenvalue weighted by Crippen LogP contribution is -2.29. The molecule has 1 aliphatic heterocycles. The van der Waals surface area contributed by atoms with Gasteiger partial charge in [-0.1, -0.05) is 0 Å². The van der Waals surface area contributed by atoms with Crippen molar-refractivity contribution >= 4 is 19.4 Å². The summed E-state index contributed by atoms with van der Waals surface area (Å²) in [7, 11) is -2.87. The molecule has 0 amide bonds. The monoisotopic (exact) mass is 222 g/mol. The van der Waals surface area contributed by atoms with E-state index < -0.39 is 32.0 Å². The molecule has 1 rings (SSSR count). The van der Waals surface area contributed by atoms with Crippen molar-refractivity contribution in [2.45, 2.75) is 13.0 Å². The number of carbonyl (C=O) groups is 2. The van der Waals surface area contributed by atoms with Gasteiger partial charge in [0.2, 0.25) is 7.44 Å². The summed E-state index contributed by atoms with van der Waals surface area (Å²) in [6.07, 6.45) is 0. The van der Waals surface area contributed by atoms with Gasteiger partial charge >= 0.3 is 11.9 Å². The number of aliphatic carboxylic acids is 2. The van der Waals surface area contributed by atoms with Gasteiger partial charge in [-0.25, -0.2) is 0 Å². The maximum absolute atomic E-state index is 11.6. The van der Waals surface area contributed by atoms with E-state index in [0.29, 0.717) is 0 Å². The maximum Gasteiger partial charge on any atom is 0.322 e. The second kappa shape index (κ2) is 3.34. The van der Waals surface area contributed by atoms with Gasteiger partial charge in [-0.2, -0.15) is 9.56 Å². The lowest BCUT2D eigenvalue weighted by Gasteiger charge is -2.04. The molecular weight excluding hydrogens is 211 g/mol. The molecule has 0 aromatic carbocycles. The summed E-state index contributed by atoms with van der Waals surface area (Å²) in [5.41, 5.74) is 0. The van der Waals surface area contributed by atoms with E-state index in [1.807, 2.05) is 0 Å². The first kappa shape index (κ1) is 11.2. The maximum atomic E-state index is 11.6. The highest BCUT2D eigenvalue weighted by atomic mass is 31.2. The van der Waals surface area contributed by atoms with Gasteiger partial charge in [0.15, 0.2) is 0 Å². The molecule has 1 aliphatic rings. The van der Waals surface area contributed by atoms with Crippen molar-refractivity contribution in [3.05, 3.63) is 0 Å². The van der Waals surface area contributed by atoms with Gasteiger partial charge in [0.1, 0.15) is 12.6 Å². The van der Waals surface area contributed by atoms with E-state index in [1.54, 1.807) is 0 Å². The lowest BCUT2D eigenvalue weighted by molar-refractivity contribution is -0.143. The van der Waals surface area contributed by atoms with Crippen molar-refractivity contribution < 1.29 is 24.4 Å². The molecule has 1 heterocycles. The number of hydrogen-bond donors (Lipinski definition) is 2. The third-order valence-corrected chi connectivity index (χ3v) is 4.35. The van der Waals surface area contributed by atoms with Crippen LogP contribution in [0, 0.1) is 0 Å². The summed E-state index contributed by atoms with van der Waals surface area (Å²) in [5, 5.41) is 17.1. The molecular formula is C6H11N2O5P. The third kappa shape index (κ3) is 1.79. The van der Waals surface area contributed by atoms with Gasteiger partial charge in [-0.3, -0.25) is 14.2 Å². The molecule has 4 unspecified atom stereocenters. The first-order valence-electron chi connectivity index (χ1n) is 3.88. The average molecular weight is 222 g/mol. The Morgan fingerprint density at radius 2 is 1.93 bits per heavy atom. The molecule has 8 heteroatoms. The predicted octanol–water partition coefficient (Wildman–Crippen LogP) is -0.100. The fourth-order valence-corrected chi connectivity index (χ4v) is 3.54. The van der Waals surface area contributed by atoms with Gasteiger partial charge in [0.25, 0.3) is 0 Å². The molecule has 0 bridgehead atoms. The molecule has 0 aromatic rings. The minimum Gasteiger partial charge on any atom is -0.480 e. The average Bonchev–Trinajstić information content (AvgIpc) is 2.50. The van der Waals surface area contributed by atoms with E-state index in [2.05, 4.69) is 0 Å². The van der Waals surface area contributed by atoms with Gasteiger partial charge in [0.05, 0.1) is 0 Å². The summed E-state index contributed by atoms with van der Waals surface area (Å²) in [6, 6.07) is -0.954. The zero-order valence-electron chi connectivity index (χ0n) is 7.75. The Kier molecular flexibility index (Phi) is 2.67. The minimum absolute atomic E-state index is 0.425. The molecule has 0 spiro atoms. The van der Waals surface area contributed by atoms with Crippen molar-refractivity contribution in [1.29, 1.82) is 0 Å². The Labute approximate surface area is 80.4 Å². The largest absolute Gasteiger partial charge is 0.480 e. The van der Waals surface area contributed by atoms with E-state index in [4.69, 9.17) is 10.2 Å². The van der Waals surface area contributed by atoms with Crippen LogP contribution in [0.1, 0.15) is 6.92 Å². The van der Waals surface area contributed by atoms with Gasteiger partial charge in [0, 0.05) is 6.66 Å². The van der Waals surface area contributed by atoms with Crippen molar-refractivity contribution in [2.75, 3.05) is 13.2 Å². The number of nitrogens with zero attached hydrogens (tertiary/aromatic N) is 2. The van der Waals surface area contributed by atoms with E-state index in [1.165, 1.54) is 13.6 Å². The van der Waals surface area contributed by atoms with Crippen LogP contribution in [-0.4, -0.2) is 51.0 Å². The summed E-state index contributed by atoms with van der Waals surface area (Å²) < 4.78 is 13.8. The number of carboxylic acids is 2. The van der Waals surface area contributed by atoms with Crippen LogP contribution in [-0.2, 0) is 14.2 Å². The van der Waals surface area contributed by atoms with Crippen LogP contribution in [0.25, 0.3) is 0 Å². The molecule has 0 radical (unpaired) electrons. The molecule has 1 saturated heterocycles. The Morgan fingerprint density at radius 3 is 2.29 bits per heavy atom. The predicted molar refractivity (Wildman–Crippen MR) is 46.8 cm³/mol. The van der Waals surface area contributed by atoms with E-state index in [9.17, 15) is 14.2 Å². The van der Waals surface area contributed by atoms with E-state index in [-0.39, 0.29) is 0 Å². The summed E-state index contributed by atoms with van der Waals surface area (Å²) >= 11 is 0. The van der Waals surface area contributed by atoms with Crippen molar-refractivity contribution in [3.63, 3.8) is 0 Å². The summed E-state index contributed by atoms with van der Waals surface area (Å²) in [6.45, 7) is 2.28. The quantitative estimate of drug-likeness (QED) is 0.506. The van der Waals surface area contributed by atoms with Crippen molar-refractivity contribution in [2.24, 2.45) is 0 Å². The SMILES string of the molecule is CC(C(=O)O)N1N(CC(=O)O)P1(C)=O. The van der Waals surface area contributed by atoms with Crippen LogP contribution in [0.15, 0.2) is 0 Å². The fraction of sp³-hybridized carbons (Fsp3) is 0.667. The molecule has 80 valence electrons. The molecule has 7 nitrogen and oxygen atoms in total. The second-order valence-corrected chi connectivity index (χ2v) is 5.64. The van der Waals surface area contributed by atoms with Crippen LogP contribution < -0.4 is 0 Å². The third-order valence-electron chi connectivity index (χ3n) is 2.00. The van der Waals surface area contributed by atoms with Crippen LogP contribution in [0.5, 0.6) is 0 Å². The van der Waals surface area contributed by atoms with Crippen molar-refractivity contribution in [3.8, 4) is 0 Å². The second-order valence-electron chi connectivity index (χ2n) is 3.09. The van der Waals surface area contributed by atoms with E-state index >= 15 is 0 Å². The normalized spacial score (nSPS) is 37.6. The standard InChI is InChI=1S/C6H11N2O5P/c1-4(6(11)12)8-7(3-5(9)10)14(8,2)13/h4H,3H2,1-2H3,(H,9,10)(H,11,12). The minimum atomic E-state index is -2.87. The summed E-state index contributed by atoms with van der Waals surface area (Å²) in [5.74, 6) is -2.26. The van der Waals surface area contributed by atoms with Crippen molar-refractivity contribution in [1.82, 2.24) is 9.56 Å². The Hall–Kier alpha value is -0.910. The molecule has 14 heavy (non-hydrogen) atoms. The lowest BCUT2D eigenvalue weighted by atomic mass is 10.4. The van der Waals surface area contributed by atoms with Gasteiger partial charge < -0.3 is 10.2 Å². The summed E-state index contributed by atoms with van der Waals surface area (Å²) in [4.78, 5) is 20.9. The Balaban J connectivity index is 2.71. The van der Waals surface area contributed by atoms with Gasteiger partial charge in [-0.15, -0.1) is 0 Å². The smallest absolute Gasteiger partial charge is 0.322 e. The highest BCUT2D eigenvalue weighted by molar-refractivity contribution is 7.64.